The lowest BCUT2D eigenvalue weighted by Gasteiger charge is -2.40. The molecule has 5 heterocycles. The number of imidazole rings is 1. The first-order valence-electron chi connectivity index (χ1n) is 12.9. The van der Waals surface area contributed by atoms with E-state index in [2.05, 4.69) is 51.0 Å². The third kappa shape index (κ3) is 4.58. The molecule has 8 nitrogen and oxygen atoms in total. The number of anilines is 2. The van der Waals surface area contributed by atoms with E-state index >= 15 is 0 Å². The number of nitrogens with zero attached hydrogens (tertiary/aromatic N) is 6. The van der Waals surface area contributed by atoms with Crippen LogP contribution in [0.1, 0.15) is 42.5 Å². The van der Waals surface area contributed by atoms with Gasteiger partial charge < -0.3 is 14.8 Å². The molecule has 2 aliphatic heterocycles. The van der Waals surface area contributed by atoms with Gasteiger partial charge in [-0.1, -0.05) is 0 Å². The summed E-state index contributed by atoms with van der Waals surface area (Å²) in [4.78, 5) is 31.7. The summed E-state index contributed by atoms with van der Waals surface area (Å²) in [5.41, 5.74) is 4.02. The number of hydrogen-bond donors (Lipinski definition) is 1. The zero-order valence-corrected chi connectivity index (χ0v) is 22.5. The number of hydrogen-bond acceptors (Lipinski definition) is 7. The first-order chi connectivity index (χ1) is 18.4. The van der Waals surface area contributed by atoms with Crippen molar-refractivity contribution in [2.75, 3.05) is 30.4 Å². The minimum atomic E-state index is -0.307. The highest BCUT2D eigenvalue weighted by atomic mass is 32.1. The molecule has 1 amide bonds. The van der Waals surface area contributed by atoms with Gasteiger partial charge in [-0.15, -0.1) is 11.3 Å². The van der Waals surface area contributed by atoms with Crippen molar-refractivity contribution >= 4 is 28.7 Å². The predicted molar refractivity (Wildman–Crippen MR) is 148 cm³/mol. The Labute approximate surface area is 225 Å². The molecule has 2 fully saturated rings. The fourth-order valence-corrected chi connectivity index (χ4v) is 6.15. The van der Waals surface area contributed by atoms with Gasteiger partial charge in [0.2, 0.25) is 0 Å². The Hall–Kier alpha value is -3.63. The van der Waals surface area contributed by atoms with E-state index < -0.39 is 0 Å². The standard InChI is InChI=1S/C28H30FN7OS/c1-17(2)36-16-31-25(18-4-6-19(29)7-5-18)26(36)23-15-38-28(32-23)27(37)33-24-11-10-20(12-30-24)35-13-21-8-9-22(14-35)34(21)3/h4-7,10-12,15-17,21-22H,8-9,13-14H2,1-3H3,(H,30,33,37). The number of thiazole rings is 1. The van der Waals surface area contributed by atoms with Crippen molar-refractivity contribution in [1.82, 2.24) is 24.4 Å². The molecule has 1 N–H and O–H groups in total. The van der Waals surface area contributed by atoms with E-state index in [9.17, 15) is 9.18 Å². The van der Waals surface area contributed by atoms with Crippen LogP contribution < -0.4 is 10.2 Å². The van der Waals surface area contributed by atoms with Gasteiger partial charge in [0, 0.05) is 42.2 Å². The molecular weight excluding hydrogens is 501 g/mol. The molecule has 10 heteroatoms. The lowest BCUT2D eigenvalue weighted by molar-refractivity contribution is 0.102. The Kier molecular flexibility index (Phi) is 6.45. The average molecular weight is 532 g/mol. The number of pyridine rings is 1. The summed E-state index contributed by atoms with van der Waals surface area (Å²) in [6, 6.07) is 11.4. The normalized spacial score (nSPS) is 19.3. The van der Waals surface area contributed by atoms with E-state index in [4.69, 9.17) is 0 Å². The zero-order valence-electron chi connectivity index (χ0n) is 21.6. The zero-order chi connectivity index (χ0) is 26.4. The van der Waals surface area contributed by atoms with Crippen LogP contribution in [0.15, 0.2) is 54.3 Å². The number of amides is 1. The first-order valence-corrected chi connectivity index (χ1v) is 13.8. The van der Waals surface area contributed by atoms with Gasteiger partial charge in [-0.2, -0.15) is 0 Å². The van der Waals surface area contributed by atoms with Crippen molar-refractivity contribution in [1.29, 1.82) is 0 Å². The Balaban J connectivity index is 1.19. The van der Waals surface area contributed by atoms with Gasteiger partial charge in [-0.25, -0.2) is 19.3 Å². The molecule has 2 aliphatic rings. The molecule has 1 aromatic carbocycles. The van der Waals surface area contributed by atoms with Crippen LogP contribution in [0, 0.1) is 5.82 Å². The minimum absolute atomic E-state index is 0.129. The SMILES string of the molecule is CC(C)n1cnc(-c2ccc(F)cc2)c1-c1csc(C(=O)Nc2ccc(N3CC4CCC(C3)N4C)cn2)n1. The maximum absolute atomic E-state index is 13.5. The molecule has 4 aromatic rings. The Morgan fingerprint density at radius 2 is 1.82 bits per heavy atom. The van der Waals surface area contributed by atoms with Crippen molar-refractivity contribution in [2.24, 2.45) is 0 Å². The highest BCUT2D eigenvalue weighted by Gasteiger charge is 2.37. The molecule has 6 rings (SSSR count). The highest BCUT2D eigenvalue weighted by Crippen LogP contribution is 2.34. The third-order valence-electron chi connectivity index (χ3n) is 7.61. The van der Waals surface area contributed by atoms with Crippen LogP contribution in [0.5, 0.6) is 0 Å². The van der Waals surface area contributed by atoms with E-state index in [-0.39, 0.29) is 17.8 Å². The summed E-state index contributed by atoms with van der Waals surface area (Å²) in [7, 11) is 2.22. The number of nitrogens with one attached hydrogen (secondary N) is 1. The van der Waals surface area contributed by atoms with Gasteiger partial charge in [0.05, 0.1) is 29.6 Å². The second kappa shape index (κ2) is 9.92. The highest BCUT2D eigenvalue weighted by molar-refractivity contribution is 7.12. The molecular formula is C28H30FN7OS. The molecule has 2 unspecified atom stereocenters. The molecule has 0 aliphatic carbocycles. The molecule has 2 bridgehead atoms. The number of rotatable bonds is 6. The van der Waals surface area contributed by atoms with E-state index in [1.54, 1.807) is 18.5 Å². The topological polar surface area (TPSA) is 79.2 Å². The molecule has 2 saturated heterocycles. The van der Waals surface area contributed by atoms with E-state index in [1.165, 1.54) is 36.3 Å². The Morgan fingerprint density at radius 3 is 2.47 bits per heavy atom. The third-order valence-corrected chi connectivity index (χ3v) is 8.45. The van der Waals surface area contributed by atoms with Gasteiger partial charge in [0.1, 0.15) is 17.3 Å². The monoisotopic (exact) mass is 531 g/mol. The van der Waals surface area contributed by atoms with E-state index in [1.807, 2.05) is 28.3 Å². The van der Waals surface area contributed by atoms with Gasteiger partial charge in [-0.05, 0) is 70.1 Å². The number of aromatic nitrogens is 4. The Morgan fingerprint density at radius 1 is 1.08 bits per heavy atom. The smallest absolute Gasteiger partial charge is 0.285 e. The molecule has 38 heavy (non-hydrogen) atoms. The molecule has 2 atom stereocenters. The number of fused-ring (bicyclic) bond motifs is 2. The lowest BCUT2D eigenvalue weighted by Crippen LogP contribution is -2.52. The molecule has 196 valence electrons. The van der Waals surface area contributed by atoms with Gasteiger partial charge in [0.15, 0.2) is 5.01 Å². The fourth-order valence-electron chi connectivity index (χ4n) is 5.45. The van der Waals surface area contributed by atoms with Gasteiger partial charge in [-0.3, -0.25) is 9.69 Å². The van der Waals surface area contributed by atoms with E-state index in [0.29, 0.717) is 34.3 Å². The average Bonchev–Trinajstić information content (AvgIpc) is 3.61. The van der Waals surface area contributed by atoms with Crippen LogP contribution in [0.3, 0.4) is 0 Å². The maximum atomic E-state index is 13.5. The van der Waals surface area contributed by atoms with Crippen molar-refractivity contribution in [2.45, 2.75) is 44.8 Å². The predicted octanol–water partition coefficient (Wildman–Crippen LogP) is 5.32. The number of piperazine rings is 1. The number of likely N-dealkylation sites (N-methyl/N-ethyl adjacent to an activating group) is 1. The summed E-state index contributed by atoms with van der Waals surface area (Å²) in [5.74, 6) is -0.117. The van der Waals surface area contributed by atoms with Crippen LogP contribution in [-0.4, -0.2) is 62.5 Å². The largest absolute Gasteiger partial charge is 0.367 e. The van der Waals surface area contributed by atoms with Crippen LogP contribution in [-0.2, 0) is 0 Å². The second-order valence-electron chi connectivity index (χ2n) is 10.3. The van der Waals surface area contributed by atoms with Crippen molar-refractivity contribution in [3.63, 3.8) is 0 Å². The Bertz CT molecular complexity index is 1430. The number of carbonyl (C=O) groups excluding carboxylic acids is 1. The van der Waals surface area contributed by atoms with Crippen LogP contribution in [0.4, 0.5) is 15.9 Å². The lowest BCUT2D eigenvalue weighted by atomic mass is 10.1. The van der Waals surface area contributed by atoms with Gasteiger partial charge in [0.25, 0.3) is 5.91 Å². The summed E-state index contributed by atoms with van der Waals surface area (Å²) in [6.45, 7) is 6.13. The van der Waals surface area contributed by atoms with Crippen molar-refractivity contribution < 1.29 is 9.18 Å². The number of carbonyl (C=O) groups is 1. The molecule has 0 spiro atoms. The molecule has 3 aromatic heterocycles. The summed E-state index contributed by atoms with van der Waals surface area (Å²) in [5, 5.41) is 5.07. The van der Waals surface area contributed by atoms with Crippen molar-refractivity contribution in [3.05, 3.63) is 65.1 Å². The summed E-state index contributed by atoms with van der Waals surface area (Å²) < 4.78 is 15.5. The summed E-state index contributed by atoms with van der Waals surface area (Å²) in [6.07, 6.45) is 6.09. The fraction of sp³-hybridized carbons (Fsp3) is 0.357. The minimum Gasteiger partial charge on any atom is -0.367 e. The summed E-state index contributed by atoms with van der Waals surface area (Å²) >= 11 is 1.27. The molecule has 0 saturated carbocycles. The van der Waals surface area contributed by atoms with Crippen LogP contribution >= 0.6 is 11.3 Å². The number of benzene rings is 1. The van der Waals surface area contributed by atoms with Crippen LogP contribution in [0.2, 0.25) is 0 Å². The number of halogens is 1. The molecule has 0 radical (unpaired) electrons. The van der Waals surface area contributed by atoms with Crippen molar-refractivity contribution in [3.8, 4) is 22.6 Å². The van der Waals surface area contributed by atoms with Gasteiger partial charge >= 0.3 is 0 Å². The quantitative estimate of drug-likeness (QED) is 0.363. The second-order valence-corrected chi connectivity index (χ2v) is 11.2. The van der Waals surface area contributed by atoms with Crippen LogP contribution in [0.25, 0.3) is 22.6 Å². The maximum Gasteiger partial charge on any atom is 0.285 e. The van der Waals surface area contributed by atoms with E-state index in [0.717, 1.165) is 30.0 Å². The first kappa shape index (κ1) is 24.7.